The molecule has 1 aliphatic rings. The molecule has 1 unspecified atom stereocenters. The Kier molecular flexibility index (Phi) is 6.00. The van der Waals surface area contributed by atoms with Gasteiger partial charge in [-0.1, -0.05) is 23.4 Å². The number of benzene rings is 1. The molecule has 4 rings (SSSR count). The molecule has 8 heteroatoms. The average Bonchev–Trinajstić information content (AvgIpc) is 3.20. The van der Waals surface area contributed by atoms with Gasteiger partial charge in [0, 0.05) is 17.6 Å². The summed E-state index contributed by atoms with van der Waals surface area (Å²) in [5.41, 5.74) is 2.10. The van der Waals surface area contributed by atoms with Crippen molar-refractivity contribution in [2.24, 2.45) is 5.92 Å². The van der Waals surface area contributed by atoms with E-state index in [-0.39, 0.29) is 5.91 Å². The van der Waals surface area contributed by atoms with E-state index in [4.69, 9.17) is 4.74 Å². The fourth-order valence-electron chi connectivity index (χ4n) is 3.59. The highest BCUT2D eigenvalue weighted by atomic mass is 16.5. The van der Waals surface area contributed by atoms with Crippen LogP contribution in [0, 0.1) is 12.8 Å². The maximum atomic E-state index is 12.3. The number of aryl methyl sites for hydroxylation is 1. The molecule has 1 aliphatic heterocycles. The Morgan fingerprint density at radius 2 is 2.28 bits per heavy atom. The lowest BCUT2D eigenvalue weighted by molar-refractivity contribution is 0.0942. The van der Waals surface area contributed by atoms with Crippen LogP contribution in [-0.2, 0) is 6.54 Å². The number of nitrogens with one attached hydrogen (secondary N) is 2. The second kappa shape index (κ2) is 9.00. The van der Waals surface area contributed by atoms with E-state index in [1.54, 1.807) is 10.9 Å². The number of carbonyl (C=O) groups is 1. The SMILES string of the molecule is Cc1ccc2cccc(OCCNC(=O)c3cn(CC4CCCNC4)nn3)c2n1. The maximum Gasteiger partial charge on any atom is 0.273 e. The summed E-state index contributed by atoms with van der Waals surface area (Å²) in [6.07, 6.45) is 4.06. The standard InChI is InChI=1S/C21H26N6O2/c1-15-7-8-17-5-2-6-19(20(17)24-15)29-11-10-23-21(28)18-14-27(26-25-18)13-16-4-3-9-22-12-16/h2,5-8,14,16,22H,3-4,9-13H2,1H3,(H,23,28). The van der Waals surface area contributed by atoms with Crippen molar-refractivity contribution in [2.45, 2.75) is 26.3 Å². The van der Waals surface area contributed by atoms with Gasteiger partial charge in [0.1, 0.15) is 17.9 Å². The highest BCUT2D eigenvalue weighted by Gasteiger charge is 2.16. The minimum Gasteiger partial charge on any atom is -0.489 e. The lowest BCUT2D eigenvalue weighted by Crippen LogP contribution is -2.32. The molecular weight excluding hydrogens is 368 g/mol. The number of rotatable bonds is 7. The number of carbonyl (C=O) groups excluding carboxylic acids is 1. The first-order valence-electron chi connectivity index (χ1n) is 10.1. The third-order valence-corrected chi connectivity index (χ3v) is 5.08. The maximum absolute atomic E-state index is 12.3. The van der Waals surface area contributed by atoms with Crippen molar-refractivity contribution in [3.63, 3.8) is 0 Å². The second-order valence-electron chi connectivity index (χ2n) is 7.42. The van der Waals surface area contributed by atoms with Crippen LogP contribution < -0.4 is 15.4 Å². The molecule has 1 saturated heterocycles. The average molecular weight is 394 g/mol. The van der Waals surface area contributed by atoms with Crippen molar-refractivity contribution in [2.75, 3.05) is 26.2 Å². The Morgan fingerprint density at radius 3 is 3.14 bits per heavy atom. The Labute approximate surface area is 169 Å². The lowest BCUT2D eigenvalue weighted by Gasteiger charge is -2.22. The molecule has 1 amide bonds. The monoisotopic (exact) mass is 394 g/mol. The molecule has 0 radical (unpaired) electrons. The molecule has 1 fully saturated rings. The van der Waals surface area contributed by atoms with E-state index >= 15 is 0 Å². The molecule has 0 spiro atoms. The Morgan fingerprint density at radius 1 is 1.34 bits per heavy atom. The number of ether oxygens (including phenoxy) is 1. The van der Waals surface area contributed by atoms with Crippen molar-refractivity contribution < 1.29 is 9.53 Å². The number of fused-ring (bicyclic) bond motifs is 1. The van der Waals surface area contributed by atoms with Crippen LogP contribution in [0.1, 0.15) is 29.0 Å². The molecule has 0 aliphatic carbocycles. The van der Waals surface area contributed by atoms with Gasteiger partial charge in [0.25, 0.3) is 5.91 Å². The van der Waals surface area contributed by atoms with Crippen molar-refractivity contribution in [3.8, 4) is 5.75 Å². The fraction of sp³-hybridized carbons (Fsp3) is 0.429. The van der Waals surface area contributed by atoms with E-state index in [2.05, 4.69) is 25.9 Å². The smallest absolute Gasteiger partial charge is 0.273 e. The van der Waals surface area contributed by atoms with Crippen LogP contribution in [0.4, 0.5) is 0 Å². The van der Waals surface area contributed by atoms with Crippen molar-refractivity contribution >= 4 is 16.8 Å². The van der Waals surface area contributed by atoms with E-state index in [1.807, 2.05) is 37.3 Å². The van der Waals surface area contributed by atoms with Crippen LogP contribution in [0.15, 0.2) is 36.5 Å². The molecule has 29 heavy (non-hydrogen) atoms. The third kappa shape index (κ3) is 4.89. The van der Waals surface area contributed by atoms with Crippen LogP contribution in [0.5, 0.6) is 5.75 Å². The molecule has 1 aromatic carbocycles. The molecule has 2 N–H and O–H groups in total. The molecule has 2 aromatic heterocycles. The van der Waals surface area contributed by atoms with Gasteiger partial charge in [0.15, 0.2) is 5.69 Å². The molecule has 3 aromatic rings. The number of hydrogen-bond donors (Lipinski definition) is 2. The molecule has 8 nitrogen and oxygen atoms in total. The minimum absolute atomic E-state index is 0.242. The molecule has 3 heterocycles. The van der Waals surface area contributed by atoms with Crippen LogP contribution in [-0.4, -0.2) is 52.1 Å². The fourth-order valence-corrected chi connectivity index (χ4v) is 3.59. The van der Waals surface area contributed by atoms with Crippen LogP contribution >= 0.6 is 0 Å². The summed E-state index contributed by atoms with van der Waals surface area (Å²) >= 11 is 0. The van der Waals surface area contributed by atoms with E-state index in [0.29, 0.717) is 30.5 Å². The first-order chi connectivity index (χ1) is 14.2. The predicted octanol–water partition coefficient (Wildman–Crippen LogP) is 1.94. The summed E-state index contributed by atoms with van der Waals surface area (Å²) in [5, 5.41) is 15.3. The summed E-state index contributed by atoms with van der Waals surface area (Å²) in [6.45, 7) is 5.53. The van der Waals surface area contributed by atoms with Gasteiger partial charge in [-0.25, -0.2) is 4.98 Å². The van der Waals surface area contributed by atoms with Gasteiger partial charge in [-0.15, -0.1) is 5.10 Å². The molecule has 0 saturated carbocycles. The number of amides is 1. The highest BCUT2D eigenvalue weighted by Crippen LogP contribution is 2.23. The minimum atomic E-state index is -0.242. The predicted molar refractivity (Wildman–Crippen MR) is 110 cm³/mol. The highest BCUT2D eigenvalue weighted by molar-refractivity contribution is 5.91. The zero-order valence-corrected chi connectivity index (χ0v) is 16.6. The van der Waals surface area contributed by atoms with Gasteiger partial charge >= 0.3 is 0 Å². The number of nitrogens with zero attached hydrogens (tertiary/aromatic N) is 4. The van der Waals surface area contributed by atoms with E-state index < -0.39 is 0 Å². The largest absolute Gasteiger partial charge is 0.489 e. The van der Waals surface area contributed by atoms with Crippen molar-refractivity contribution in [3.05, 3.63) is 47.9 Å². The summed E-state index contributed by atoms with van der Waals surface area (Å²) in [7, 11) is 0. The number of pyridine rings is 1. The van der Waals surface area contributed by atoms with Gasteiger partial charge in [0.2, 0.25) is 0 Å². The Hall–Kier alpha value is -3.00. The summed E-state index contributed by atoms with van der Waals surface area (Å²) < 4.78 is 7.60. The lowest BCUT2D eigenvalue weighted by atomic mass is 10.00. The third-order valence-electron chi connectivity index (χ3n) is 5.08. The molecule has 152 valence electrons. The first kappa shape index (κ1) is 19.3. The van der Waals surface area contributed by atoms with E-state index in [9.17, 15) is 4.79 Å². The van der Waals surface area contributed by atoms with E-state index in [0.717, 1.165) is 36.2 Å². The zero-order chi connectivity index (χ0) is 20.1. The normalized spacial score (nSPS) is 16.7. The number of piperidine rings is 1. The topological polar surface area (TPSA) is 94.0 Å². The van der Waals surface area contributed by atoms with Crippen LogP contribution in [0.3, 0.4) is 0 Å². The van der Waals surface area contributed by atoms with Crippen molar-refractivity contribution in [1.29, 1.82) is 0 Å². The number of para-hydroxylation sites is 1. The van der Waals surface area contributed by atoms with Gasteiger partial charge in [0.05, 0.1) is 12.7 Å². The second-order valence-corrected chi connectivity index (χ2v) is 7.42. The van der Waals surface area contributed by atoms with Crippen molar-refractivity contribution in [1.82, 2.24) is 30.6 Å². The van der Waals surface area contributed by atoms with Gasteiger partial charge in [-0.05, 0) is 50.9 Å². The quantitative estimate of drug-likeness (QED) is 0.595. The van der Waals surface area contributed by atoms with Gasteiger partial charge in [-0.2, -0.15) is 0 Å². The summed E-state index contributed by atoms with van der Waals surface area (Å²) in [5.74, 6) is 1.01. The molecule has 0 bridgehead atoms. The Balaban J connectivity index is 1.27. The Bertz CT molecular complexity index is 980. The van der Waals surface area contributed by atoms with Crippen LogP contribution in [0.25, 0.3) is 10.9 Å². The first-order valence-corrected chi connectivity index (χ1v) is 10.1. The van der Waals surface area contributed by atoms with Crippen LogP contribution in [0.2, 0.25) is 0 Å². The van der Waals surface area contributed by atoms with Gasteiger partial charge < -0.3 is 15.4 Å². The summed E-state index contributed by atoms with van der Waals surface area (Å²) in [4.78, 5) is 16.9. The number of hydrogen-bond acceptors (Lipinski definition) is 6. The van der Waals surface area contributed by atoms with E-state index in [1.165, 1.54) is 12.8 Å². The molecule has 1 atom stereocenters. The summed E-state index contributed by atoms with van der Waals surface area (Å²) in [6, 6.07) is 9.84. The van der Waals surface area contributed by atoms with Gasteiger partial charge in [-0.3, -0.25) is 9.48 Å². The zero-order valence-electron chi connectivity index (χ0n) is 16.6. The number of aromatic nitrogens is 4. The molecular formula is C21H26N6O2.